The second-order valence-corrected chi connectivity index (χ2v) is 29.8. The van der Waals surface area contributed by atoms with E-state index in [4.69, 9.17) is 47.0 Å². The predicted molar refractivity (Wildman–Crippen MR) is 434 cm³/mol. The Labute approximate surface area is 726 Å². The number of hydrogen-bond acceptors (Lipinski definition) is 21. The molecule has 33 nitrogen and oxygen atoms in total. The number of pyridine rings is 4. The summed E-state index contributed by atoms with van der Waals surface area (Å²) in [5.74, 6) is -31.1. The Hall–Kier alpha value is -14.6. The molecule has 8 atom stereocenters. The van der Waals surface area contributed by atoms with Crippen molar-refractivity contribution in [2.45, 2.75) is 101 Å². The number of alkyl halides is 8. The minimum atomic E-state index is -3.08. The summed E-state index contributed by atoms with van der Waals surface area (Å²) in [5.41, 5.74) is 22.0. The van der Waals surface area contributed by atoms with Gasteiger partial charge in [0.2, 0.25) is 23.5 Å². The summed E-state index contributed by atoms with van der Waals surface area (Å²) in [6, 6.07) is 21.1. The number of nitrogens with zero attached hydrogens (tertiary/aromatic N) is 7. The zero-order valence-electron chi connectivity index (χ0n) is 69.6. The number of primary amides is 4. The minimum absolute atomic E-state index is 0.00771. The average molecular weight is 1820 g/mol. The van der Waals surface area contributed by atoms with Crippen molar-refractivity contribution < 1.29 is 134 Å². The van der Waals surface area contributed by atoms with Crippen molar-refractivity contribution in [2.75, 3.05) is 75.9 Å². The monoisotopic (exact) mass is 1820 g/mol. The third kappa shape index (κ3) is 25.6. The number of benzene rings is 4. The first-order valence-electron chi connectivity index (χ1n) is 38.6. The molecule has 0 saturated carbocycles. The molecule has 11 amide bonds. The summed E-state index contributed by atoms with van der Waals surface area (Å²) in [5, 5.41) is 20.4. The number of nitrogens with two attached hydrogens (primary N) is 4. The van der Waals surface area contributed by atoms with Crippen LogP contribution in [-0.2, 0) is 38.4 Å². The maximum absolute atomic E-state index is 14.4. The Kier molecular flexibility index (Phi) is 33.0. The van der Waals surface area contributed by atoms with Crippen LogP contribution in [0, 0.1) is 46.9 Å². The Morgan fingerprint density at radius 1 is 0.364 bits per heavy atom. The van der Waals surface area contributed by atoms with E-state index < -0.39 is 173 Å². The van der Waals surface area contributed by atoms with Crippen molar-refractivity contribution in [3.05, 3.63) is 214 Å². The van der Waals surface area contributed by atoms with Crippen LogP contribution < -0.4 is 68.5 Å². The van der Waals surface area contributed by atoms with Gasteiger partial charge in [-0.15, -0.1) is 0 Å². The standard InChI is InChI=1S/3C21H21F3N4O4.C12H14F3N.C9H9N3O5/c3*1-11-10-28(16(8-21(11,23)24)12-3-5-13(22)6-4-12)20(31)18(30)27-14-7-15(17(25)29)19(32-2)26-9-14;1-8-7-16-11(6-12(8,14)15)9-2-4-10(13)5-3-9;1-17-8-5(6(10)13)2-4(3-11-8)12-7(14)9(15)16/h3*3-7,9,11,16H,8,10H2,1-2H3,(H2,25,29)(H,27,30);2-5,8,11,16H,6-7H2,1H3;2-3H,1H3,(H2,10,13)(H,12,14)(H,15,16)/t3*11-,16-;8-,11-;/m1000./s1. The number of anilines is 4. The molecule has 4 saturated heterocycles. The zero-order valence-corrected chi connectivity index (χ0v) is 69.6. The van der Waals surface area contributed by atoms with Crippen molar-refractivity contribution in [1.82, 2.24) is 40.0 Å². The van der Waals surface area contributed by atoms with E-state index in [-0.39, 0.29) is 130 Å². The lowest BCUT2D eigenvalue weighted by Gasteiger charge is -2.42. The molecule has 8 aromatic rings. The summed E-state index contributed by atoms with van der Waals surface area (Å²) in [6.07, 6.45) is 2.24. The number of amides is 11. The van der Waals surface area contributed by atoms with E-state index in [1.807, 2.05) is 5.32 Å². The molecule has 0 aliphatic carbocycles. The molecule has 0 bridgehead atoms. The van der Waals surface area contributed by atoms with Gasteiger partial charge in [-0.1, -0.05) is 76.2 Å². The first kappa shape index (κ1) is 99.9. The third-order valence-corrected chi connectivity index (χ3v) is 20.8. The van der Waals surface area contributed by atoms with Crippen LogP contribution in [0.5, 0.6) is 23.5 Å². The van der Waals surface area contributed by atoms with Crippen molar-refractivity contribution in [1.29, 1.82) is 0 Å². The lowest BCUT2D eigenvalue weighted by Crippen LogP contribution is -2.52. The molecule has 4 aromatic heterocycles. The van der Waals surface area contributed by atoms with E-state index in [0.717, 1.165) is 75.9 Å². The number of rotatable bonds is 16. The van der Waals surface area contributed by atoms with Gasteiger partial charge in [0, 0.05) is 81.6 Å². The number of hydrogen-bond donors (Lipinski definition) is 10. The molecule has 0 spiro atoms. The lowest BCUT2D eigenvalue weighted by molar-refractivity contribution is -0.159. The summed E-state index contributed by atoms with van der Waals surface area (Å²) in [6.45, 7) is 4.53. The second-order valence-electron chi connectivity index (χ2n) is 29.8. The first-order chi connectivity index (χ1) is 60.5. The van der Waals surface area contributed by atoms with E-state index in [9.17, 15) is 110 Å². The normalized spacial score (nSPS) is 19.6. The van der Waals surface area contributed by atoms with E-state index in [2.05, 4.69) is 41.2 Å². The summed E-state index contributed by atoms with van der Waals surface area (Å²) in [7, 11) is 5.13. The molecule has 129 heavy (non-hydrogen) atoms. The van der Waals surface area contributed by atoms with Crippen LogP contribution in [0.15, 0.2) is 146 Å². The summed E-state index contributed by atoms with van der Waals surface area (Å²) >= 11 is 0. The van der Waals surface area contributed by atoms with Crippen LogP contribution in [0.2, 0.25) is 0 Å². The maximum Gasteiger partial charge on any atom is 0.394 e. The quantitative estimate of drug-likeness (QED) is 0.0317. The highest BCUT2D eigenvalue weighted by Crippen LogP contribution is 2.47. The average Bonchev–Trinajstić information content (AvgIpc) is 0.778. The number of carbonyl (C=O) groups is 12. The van der Waals surface area contributed by atoms with Crippen molar-refractivity contribution in [2.24, 2.45) is 46.6 Å². The van der Waals surface area contributed by atoms with Gasteiger partial charge in [-0.2, -0.15) is 0 Å². The molecule has 4 aliphatic rings. The molecule has 0 unspecified atom stereocenters. The Bertz CT molecular complexity index is 5090. The third-order valence-electron chi connectivity index (χ3n) is 20.8. The molecular weight excluding hydrogens is 1730 g/mol. The topological polar surface area (TPSA) is 487 Å². The first-order valence-corrected chi connectivity index (χ1v) is 38.6. The van der Waals surface area contributed by atoms with Crippen LogP contribution in [0.1, 0.15) is 141 Å². The van der Waals surface area contributed by atoms with Gasteiger partial charge < -0.3 is 88.3 Å². The Balaban J connectivity index is 0.000000205. The van der Waals surface area contributed by atoms with Gasteiger partial charge in [0.1, 0.15) is 45.5 Å². The fourth-order valence-electron chi connectivity index (χ4n) is 13.5. The summed E-state index contributed by atoms with van der Waals surface area (Å²) < 4.78 is 186. The molecule has 4 aromatic carbocycles. The number of halogens is 12. The zero-order chi connectivity index (χ0) is 95.6. The highest BCUT2D eigenvalue weighted by Gasteiger charge is 2.52. The molecule has 8 heterocycles. The molecule has 45 heteroatoms. The number of likely N-dealkylation sites (tertiary alicyclic amines) is 3. The van der Waals surface area contributed by atoms with E-state index >= 15 is 0 Å². The number of carboxylic acid groups (broad SMARTS) is 1. The SMILES string of the molecule is COc1ncc(NC(=O)C(=O)N2C[C@@H](C)C(F)(F)C[C@@H]2c2ccc(F)cc2)cc1C(N)=O.COc1ncc(NC(=O)C(=O)N2C[C@H](C)C(F)(F)C[C@H]2c2ccc(F)cc2)cc1C(N)=O.COc1ncc(NC(=O)C(=O)N2C[C@H](C)C(F)(F)C[C@H]2c2ccc(F)cc2)cc1C(N)=O.COc1ncc(NC(=O)C(=O)O)cc1C(N)=O.C[C@H]1CN[C@H](c2ccc(F)cc2)CC1(F)F. The number of carboxylic acids is 1. The van der Waals surface area contributed by atoms with Gasteiger partial charge in [-0.05, 0) is 95.1 Å². The molecule has 0 radical (unpaired) electrons. The van der Waals surface area contributed by atoms with Crippen molar-refractivity contribution in [3.8, 4) is 23.5 Å². The molecule has 12 rings (SSSR count). The van der Waals surface area contributed by atoms with Crippen LogP contribution in [-0.4, -0.2) is 189 Å². The number of nitrogens with one attached hydrogen (secondary N) is 5. The van der Waals surface area contributed by atoms with E-state index in [0.29, 0.717) is 5.56 Å². The molecule has 4 aliphatic heterocycles. The van der Waals surface area contributed by atoms with Crippen LogP contribution in [0.4, 0.5) is 75.4 Å². The Morgan fingerprint density at radius 3 is 0.806 bits per heavy atom. The predicted octanol–water partition coefficient (Wildman–Crippen LogP) is 9.88. The van der Waals surface area contributed by atoms with Gasteiger partial charge in [0.05, 0.1) is 94.1 Å². The van der Waals surface area contributed by atoms with Gasteiger partial charge in [-0.25, -0.2) is 77.4 Å². The highest BCUT2D eigenvalue weighted by molar-refractivity contribution is 6.41. The minimum Gasteiger partial charge on any atom is -0.480 e. The number of piperidine rings is 4. The number of methoxy groups -OCH3 is 4. The number of aliphatic carboxylic acids is 1. The van der Waals surface area contributed by atoms with Gasteiger partial charge >= 0.3 is 47.3 Å². The van der Waals surface area contributed by atoms with Gasteiger partial charge in [0.25, 0.3) is 47.3 Å². The maximum atomic E-state index is 14.4. The molecule has 4 fully saturated rings. The molecular formula is C84H86F12N16O17. The van der Waals surface area contributed by atoms with Gasteiger partial charge in [-0.3, -0.25) is 52.7 Å². The summed E-state index contributed by atoms with van der Waals surface area (Å²) in [4.78, 5) is 162. The second kappa shape index (κ2) is 42.6. The fourth-order valence-corrected chi connectivity index (χ4v) is 13.5. The van der Waals surface area contributed by atoms with Crippen LogP contribution in [0.3, 0.4) is 0 Å². The van der Waals surface area contributed by atoms with Crippen molar-refractivity contribution in [3.63, 3.8) is 0 Å². The van der Waals surface area contributed by atoms with E-state index in [1.165, 1.54) is 129 Å². The largest absolute Gasteiger partial charge is 0.480 e. The number of aromatic nitrogens is 4. The van der Waals surface area contributed by atoms with Crippen LogP contribution >= 0.6 is 0 Å². The number of carbonyl (C=O) groups excluding carboxylic acids is 11. The van der Waals surface area contributed by atoms with Crippen LogP contribution in [0.25, 0.3) is 0 Å². The van der Waals surface area contributed by atoms with Crippen molar-refractivity contribution >= 4 is 93.7 Å². The molecule has 14 N–H and O–H groups in total. The number of ether oxygens (including phenoxy) is 4. The highest BCUT2D eigenvalue weighted by atomic mass is 19.3. The van der Waals surface area contributed by atoms with E-state index in [1.54, 1.807) is 12.1 Å². The smallest absolute Gasteiger partial charge is 0.394 e. The fraction of sp³-hybridized carbons (Fsp3) is 0.333. The van der Waals surface area contributed by atoms with Gasteiger partial charge in [0.15, 0.2) is 0 Å². The lowest BCUT2D eigenvalue weighted by atomic mass is 9.86. The molecule has 688 valence electrons. The Morgan fingerprint density at radius 2 is 0.589 bits per heavy atom.